The van der Waals surface area contributed by atoms with Crippen molar-refractivity contribution in [2.75, 3.05) is 0 Å². The number of esters is 3. The van der Waals surface area contributed by atoms with E-state index >= 15 is 0 Å². The summed E-state index contributed by atoms with van der Waals surface area (Å²) in [6.07, 6.45) is -0.0744. The fourth-order valence-electron chi connectivity index (χ4n) is 4.69. The summed E-state index contributed by atoms with van der Waals surface area (Å²) in [4.78, 5) is 40.2. The van der Waals surface area contributed by atoms with E-state index in [1.54, 1.807) is 54.6 Å². The number of rotatable bonds is 12. The number of hydrogen-bond donors (Lipinski definition) is 0. The van der Waals surface area contributed by atoms with Crippen molar-refractivity contribution >= 4 is 17.9 Å². The van der Waals surface area contributed by atoms with Gasteiger partial charge in [0.05, 0.1) is 35.0 Å². The summed E-state index contributed by atoms with van der Waals surface area (Å²) < 4.78 is 34.3. The van der Waals surface area contributed by atoms with E-state index in [0.717, 1.165) is 16.7 Å². The Labute approximate surface area is 281 Å². The van der Waals surface area contributed by atoms with Gasteiger partial charge >= 0.3 is 17.9 Å². The molecule has 0 amide bonds. The Kier molecular flexibility index (Phi) is 11.5. The fourth-order valence-corrected chi connectivity index (χ4v) is 4.69. The standard InChI is InChI=1S/C39H42O9/c1-22(2)43-34-13-10-31(16-25(34)7)46-37(40)28-19-29(38(41)47-32-11-14-35(26(8)17-32)44-23(3)4)21-30(20-28)39(42)48-33-12-15-36(27(9)18-33)45-24(5)6/h10-24H,1-9H3. The van der Waals surface area contributed by atoms with Crippen molar-refractivity contribution in [1.82, 2.24) is 0 Å². The van der Waals surface area contributed by atoms with Crippen LogP contribution in [-0.4, -0.2) is 36.2 Å². The Hall–Kier alpha value is -5.31. The van der Waals surface area contributed by atoms with Crippen molar-refractivity contribution in [3.63, 3.8) is 0 Å². The number of aryl methyl sites for hydroxylation is 3. The minimum atomic E-state index is -0.785. The van der Waals surface area contributed by atoms with E-state index in [4.69, 9.17) is 28.4 Å². The van der Waals surface area contributed by atoms with Crippen LogP contribution < -0.4 is 28.4 Å². The lowest BCUT2D eigenvalue weighted by molar-refractivity contribution is 0.0734. The summed E-state index contributed by atoms with van der Waals surface area (Å²) in [6.45, 7) is 17.0. The van der Waals surface area contributed by atoms with Crippen LogP contribution in [0.25, 0.3) is 0 Å². The molecule has 252 valence electrons. The normalized spacial score (nSPS) is 11.0. The van der Waals surface area contributed by atoms with Crippen molar-refractivity contribution in [3.8, 4) is 34.5 Å². The van der Waals surface area contributed by atoms with E-state index in [1.165, 1.54) is 18.2 Å². The highest BCUT2D eigenvalue weighted by molar-refractivity contribution is 6.02. The third-order valence-corrected chi connectivity index (χ3v) is 6.80. The highest BCUT2D eigenvalue weighted by atomic mass is 16.5. The fraction of sp³-hybridized carbons (Fsp3) is 0.308. The Bertz CT molecular complexity index is 1580. The van der Waals surface area contributed by atoms with Crippen LogP contribution in [0.1, 0.15) is 89.3 Å². The molecule has 0 saturated heterocycles. The zero-order valence-electron chi connectivity index (χ0n) is 28.8. The smallest absolute Gasteiger partial charge is 0.343 e. The van der Waals surface area contributed by atoms with E-state index in [1.807, 2.05) is 62.3 Å². The largest absolute Gasteiger partial charge is 0.491 e. The first kappa shape index (κ1) is 35.5. The molecule has 0 heterocycles. The first-order valence-corrected chi connectivity index (χ1v) is 15.8. The van der Waals surface area contributed by atoms with E-state index in [2.05, 4.69) is 0 Å². The summed E-state index contributed by atoms with van der Waals surface area (Å²) in [5.74, 6) is 0.443. The van der Waals surface area contributed by atoms with Crippen LogP contribution in [0.5, 0.6) is 34.5 Å². The van der Waals surface area contributed by atoms with Crippen molar-refractivity contribution in [2.45, 2.75) is 80.6 Å². The molecule has 0 N–H and O–H groups in total. The molecule has 0 aliphatic heterocycles. The van der Waals surface area contributed by atoms with Gasteiger partial charge in [-0.2, -0.15) is 0 Å². The Balaban J connectivity index is 1.64. The lowest BCUT2D eigenvalue weighted by Crippen LogP contribution is -2.17. The molecule has 0 radical (unpaired) electrons. The Morgan fingerprint density at radius 2 is 0.667 bits per heavy atom. The van der Waals surface area contributed by atoms with Gasteiger partial charge in [-0.25, -0.2) is 14.4 Å². The second kappa shape index (κ2) is 15.5. The van der Waals surface area contributed by atoms with E-state index < -0.39 is 17.9 Å². The molecule has 0 saturated carbocycles. The summed E-state index contributed by atoms with van der Waals surface area (Å²) in [6, 6.07) is 18.9. The monoisotopic (exact) mass is 654 g/mol. The maximum absolute atomic E-state index is 13.4. The Morgan fingerprint density at radius 1 is 0.417 bits per heavy atom. The van der Waals surface area contributed by atoms with Gasteiger partial charge in [-0.1, -0.05) is 0 Å². The second-order valence-corrected chi connectivity index (χ2v) is 12.2. The second-order valence-electron chi connectivity index (χ2n) is 12.2. The number of hydrogen-bond acceptors (Lipinski definition) is 9. The van der Waals surface area contributed by atoms with Crippen LogP contribution >= 0.6 is 0 Å². The van der Waals surface area contributed by atoms with Crippen molar-refractivity contribution in [3.05, 3.63) is 106 Å². The molecule has 0 spiro atoms. The molecule has 9 nitrogen and oxygen atoms in total. The maximum atomic E-state index is 13.4. The van der Waals surface area contributed by atoms with Crippen LogP contribution in [0.4, 0.5) is 0 Å². The van der Waals surface area contributed by atoms with Crippen molar-refractivity contribution in [2.24, 2.45) is 0 Å². The van der Waals surface area contributed by atoms with Crippen LogP contribution in [0.2, 0.25) is 0 Å². The molecule has 4 aromatic rings. The highest BCUT2D eigenvalue weighted by Crippen LogP contribution is 2.28. The zero-order chi connectivity index (χ0) is 35.1. The van der Waals surface area contributed by atoms with Crippen LogP contribution in [0.15, 0.2) is 72.8 Å². The van der Waals surface area contributed by atoms with Crippen LogP contribution in [0, 0.1) is 20.8 Å². The van der Waals surface area contributed by atoms with Gasteiger partial charge in [0, 0.05) is 0 Å². The summed E-state index contributed by atoms with van der Waals surface area (Å²) in [5.41, 5.74) is 2.17. The van der Waals surface area contributed by atoms with Gasteiger partial charge in [-0.3, -0.25) is 0 Å². The van der Waals surface area contributed by atoms with Gasteiger partial charge in [0.1, 0.15) is 34.5 Å². The molecule has 0 atom stereocenters. The number of ether oxygens (including phenoxy) is 6. The molecule has 0 unspecified atom stereocenters. The molecule has 4 aromatic carbocycles. The van der Waals surface area contributed by atoms with E-state index in [0.29, 0.717) is 17.2 Å². The summed E-state index contributed by atoms with van der Waals surface area (Å²) >= 11 is 0. The van der Waals surface area contributed by atoms with Crippen LogP contribution in [-0.2, 0) is 0 Å². The zero-order valence-corrected chi connectivity index (χ0v) is 28.8. The number of carbonyl (C=O) groups is 3. The minimum absolute atomic E-state index is 0.0248. The minimum Gasteiger partial charge on any atom is -0.491 e. The van der Waals surface area contributed by atoms with Crippen molar-refractivity contribution in [1.29, 1.82) is 0 Å². The maximum Gasteiger partial charge on any atom is 0.343 e. The summed E-state index contributed by atoms with van der Waals surface area (Å²) in [7, 11) is 0. The molecular formula is C39H42O9. The van der Waals surface area contributed by atoms with Crippen LogP contribution in [0.3, 0.4) is 0 Å². The Morgan fingerprint density at radius 3 is 0.875 bits per heavy atom. The van der Waals surface area contributed by atoms with Gasteiger partial charge in [0.25, 0.3) is 0 Å². The molecule has 0 bridgehead atoms. The molecular weight excluding hydrogens is 612 g/mol. The van der Waals surface area contributed by atoms with Gasteiger partial charge < -0.3 is 28.4 Å². The predicted molar refractivity (Wildman–Crippen MR) is 182 cm³/mol. The van der Waals surface area contributed by atoms with Gasteiger partial charge in [-0.05, 0) is 152 Å². The molecule has 0 aliphatic rings. The van der Waals surface area contributed by atoms with E-state index in [9.17, 15) is 14.4 Å². The third-order valence-electron chi connectivity index (χ3n) is 6.80. The third kappa shape index (κ3) is 9.61. The first-order valence-electron chi connectivity index (χ1n) is 15.8. The average molecular weight is 655 g/mol. The lowest BCUT2D eigenvalue weighted by atomic mass is 10.1. The molecule has 48 heavy (non-hydrogen) atoms. The van der Waals surface area contributed by atoms with Gasteiger partial charge in [-0.15, -0.1) is 0 Å². The molecule has 0 aliphatic carbocycles. The lowest BCUT2D eigenvalue weighted by Gasteiger charge is -2.15. The van der Waals surface area contributed by atoms with E-state index in [-0.39, 0.29) is 52.3 Å². The molecule has 4 rings (SSSR count). The molecule has 0 fully saturated rings. The SMILES string of the molecule is Cc1cc(OC(=O)c2cc(C(=O)Oc3ccc(OC(C)C)c(C)c3)cc(C(=O)Oc3ccc(OC(C)C)c(C)c3)c2)ccc1OC(C)C. The number of carbonyl (C=O) groups excluding carboxylic acids is 3. The number of benzene rings is 4. The van der Waals surface area contributed by atoms with Gasteiger partial charge in [0.15, 0.2) is 0 Å². The molecule has 9 heteroatoms. The van der Waals surface area contributed by atoms with Crippen molar-refractivity contribution < 1.29 is 42.8 Å². The quantitative estimate of drug-likeness (QED) is 0.110. The topological polar surface area (TPSA) is 107 Å². The average Bonchev–Trinajstić information content (AvgIpc) is 3.00. The predicted octanol–water partition coefficient (Wildman–Crippen LogP) is 8.63. The highest BCUT2D eigenvalue weighted by Gasteiger charge is 2.21. The summed E-state index contributed by atoms with van der Waals surface area (Å²) in [5, 5.41) is 0. The van der Waals surface area contributed by atoms with Gasteiger partial charge in [0.2, 0.25) is 0 Å². The molecule has 0 aromatic heterocycles. The first-order chi connectivity index (χ1) is 22.7.